The van der Waals surface area contributed by atoms with Gasteiger partial charge in [0.2, 0.25) is 0 Å². The summed E-state index contributed by atoms with van der Waals surface area (Å²) in [4.78, 5) is 12.1. The molecule has 0 saturated heterocycles. The van der Waals surface area contributed by atoms with Gasteiger partial charge in [-0.1, -0.05) is 46.7 Å². The average Bonchev–Trinajstić information content (AvgIpc) is 2.71. The number of methoxy groups -OCH3 is 3. The van der Waals surface area contributed by atoms with E-state index in [4.69, 9.17) is 14.2 Å². The highest BCUT2D eigenvalue weighted by atomic mass is 31.1. The van der Waals surface area contributed by atoms with Crippen LogP contribution in [0.4, 0.5) is 0 Å². The Kier molecular flexibility index (Phi) is 7.26. The topological polar surface area (TPSA) is 44.8 Å². The fourth-order valence-corrected chi connectivity index (χ4v) is 5.21. The van der Waals surface area contributed by atoms with Crippen LogP contribution in [-0.4, -0.2) is 27.1 Å². The lowest BCUT2D eigenvalue weighted by Gasteiger charge is -2.35. The summed E-state index contributed by atoms with van der Waals surface area (Å²) >= 11 is 0. The van der Waals surface area contributed by atoms with Crippen LogP contribution in [0.2, 0.25) is 0 Å². The molecular formula is C22H29O4P. The summed E-state index contributed by atoms with van der Waals surface area (Å²) in [7, 11) is 5.36. The summed E-state index contributed by atoms with van der Waals surface area (Å²) in [5.74, 6) is 2.21. The molecule has 1 unspecified atom stereocenters. The third kappa shape index (κ3) is 4.27. The molecule has 0 fully saturated rings. The third-order valence-electron chi connectivity index (χ3n) is 5.09. The zero-order valence-corrected chi connectivity index (χ0v) is 18.0. The quantitative estimate of drug-likeness (QED) is 0.451. The standard InChI is InChI=1S/C22H29O4P/c1-7-22(8-2,27-20-12-10-9-11-17(20)15(3)23)18-13-16(24-4)14-19(25-5)21(18)26-6/h9-14,27H,7-8H2,1-6H3. The van der Waals surface area contributed by atoms with E-state index in [0.717, 1.165) is 40.8 Å². The molecule has 0 aliphatic rings. The van der Waals surface area contributed by atoms with E-state index in [9.17, 15) is 4.79 Å². The van der Waals surface area contributed by atoms with Crippen molar-refractivity contribution in [2.45, 2.75) is 38.8 Å². The highest BCUT2D eigenvalue weighted by Crippen LogP contribution is 2.53. The van der Waals surface area contributed by atoms with Gasteiger partial charge in [0, 0.05) is 22.3 Å². The van der Waals surface area contributed by atoms with Crippen LogP contribution >= 0.6 is 8.58 Å². The van der Waals surface area contributed by atoms with Crippen LogP contribution in [-0.2, 0) is 5.16 Å². The van der Waals surface area contributed by atoms with Gasteiger partial charge in [-0.25, -0.2) is 0 Å². The molecule has 0 aromatic heterocycles. The van der Waals surface area contributed by atoms with Gasteiger partial charge >= 0.3 is 0 Å². The van der Waals surface area contributed by atoms with Crippen molar-refractivity contribution in [3.05, 3.63) is 47.5 Å². The molecule has 0 bridgehead atoms. The van der Waals surface area contributed by atoms with Crippen molar-refractivity contribution in [1.29, 1.82) is 0 Å². The zero-order chi connectivity index (χ0) is 20.0. The first-order chi connectivity index (χ1) is 13.0. The molecule has 0 spiro atoms. The van der Waals surface area contributed by atoms with Gasteiger partial charge in [-0.05, 0) is 31.1 Å². The van der Waals surface area contributed by atoms with Crippen LogP contribution in [0.1, 0.15) is 49.5 Å². The first kappa shape index (κ1) is 21.2. The first-order valence-electron chi connectivity index (χ1n) is 9.14. The minimum atomic E-state index is -0.182. The Morgan fingerprint density at radius 2 is 1.67 bits per heavy atom. The number of ether oxygens (including phenoxy) is 3. The predicted octanol–water partition coefficient (Wildman–Crippen LogP) is 4.93. The van der Waals surface area contributed by atoms with Gasteiger partial charge in [-0.3, -0.25) is 4.79 Å². The molecule has 27 heavy (non-hydrogen) atoms. The van der Waals surface area contributed by atoms with E-state index in [0.29, 0.717) is 14.3 Å². The fourth-order valence-electron chi connectivity index (χ4n) is 3.44. The lowest BCUT2D eigenvalue weighted by molar-refractivity contribution is 0.101. The molecule has 0 heterocycles. The monoisotopic (exact) mass is 388 g/mol. The van der Waals surface area contributed by atoms with Crippen molar-refractivity contribution < 1.29 is 19.0 Å². The Bertz CT molecular complexity index is 797. The van der Waals surface area contributed by atoms with Gasteiger partial charge in [-0.2, -0.15) is 0 Å². The van der Waals surface area contributed by atoms with Crippen LogP contribution < -0.4 is 19.5 Å². The van der Waals surface area contributed by atoms with E-state index >= 15 is 0 Å². The second-order valence-corrected chi connectivity index (χ2v) is 8.17. The second kappa shape index (κ2) is 9.23. The minimum Gasteiger partial charge on any atom is -0.497 e. The van der Waals surface area contributed by atoms with Crippen LogP contribution in [0.15, 0.2) is 36.4 Å². The van der Waals surface area contributed by atoms with E-state index in [1.807, 2.05) is 30.3 Å². The average molecular weight is 388 g/mol. The van der Waals surface area contributed by atoms with Gasteiger partial charge in [0.1, 0.15) is 5.75 Å². The van der Waals surface area contributed by atoms with Crippen LogP contribution in [0.3, 0.4) is 0 Å². The molecule has 2 aromatic rings. The summed E-state index contributed by atoms with van der Waals surface area (Å²) in [6.45, 7) is 5.98. The summed E-state index contributed by atoms with van der Waals surface area (Å²) in [6, 6.07) is 11.7. The van der Waals surface area contributed by atoms with Crippen LogP contribution in [0.25, 0.3) is 0 Å². The van der Waals surface area contributed by atoms with Crippen LogP contribution in [0.5, 0.6) is 17.2 Å². The van der Waals surface area contributed by atoms with E-state index < -0.39 is 0 Å². The molecule has 0 saturated carbocycles. The SMILES string of the molecule is CCC(CC)(Pc1ccccc1C(C)=O)c1cc(OC)cc(OC)c1OC. The molecule has 0 N–H and O–H groups in total. The summed E-state index contributed by atoms with van der Waals surface area (Å²) in [5.41, 5.74) is 1.85. The third-order valence-corrected chi connectivity index (χ3v) is 7.25. The molecule has 4 nitrogen and oxygen atoms in total. The molecule has 2 aromatic carbocycles. The smallest absolute Gasteiger partial charge is 0.165 e. The second-order valence-electron chi connectivity index (χ2n) is 6.43. The number of Topliss-reactive ketones (excluding diaryl/α,β-unsaturated/α-hetero) is 1. The predicted molar refractivity (Wildman–Crippen MR) is 113 cm³/mol. The molecule has 1 atom stereocenters. The number of hydrogen-bond acceptors (Lipinski definition) is 4. The first-order valence-corrected chi connectivity index (χ1v) is 10.1. The maximum atomic E-state index is 12.1. The molecule has 5 heteroatoms. The Morgan fingerprint density at radius 1 is 1.00 bits per heavy atom. The summed E-state index contributed by atoms with van der Waals surface area (Å²) < 4.78 is 16.8. The Hall–Kier alpha value is -2.06. The highest BCUT2D eigenvalue weighted by Gasteiger charge is 2.35. The molecule has 146 valence electrons. The van der Waals surface area contributed by atoms with Crippen molar-refractivity contribution in [3.63, 3.8) is 0 Å². The number of carbonyl (C=O) groups excluding carboxylic acids is 1. The van der Waals surface area contributed by atoms with Crippen molar-refractivity contribution in [1.82, 2.24) is 0 Å². The van der Waals surface area contributed by atoms with E-state index in [2.05, 4.69) is 19.9 Å². The number of ketones is 1. The van der Waals surface area contributed by atoms with Gasteiger partial charge in [0.25, 0.3) is 0 Å². The minimum absolute atomic E-state index is 0.0920. The summed E-state index contributed by atoms with van der Waals surface area (Å²) in [6.07, 6.45) is 1.81. The maximum Gasteiger partial charge on any atom is 0.165 e. The van der Waals surface area contributed by atoms with Crippen molar-refractivity contribution in [3.8, 4) is 17.2 Å². The largest absolute Gasteiger partial charge is 0.497 e. The Balaban J connectivity index is 2.68. The van der Waals surface area contributed by atoms with Crippen molar-refractivity contribution in [2.24, 2.45) is 0 Å². The lowest BCUT2D eigenvalue weighted by Crippen LogP contribution is -2.24. The van der Waals surface area contributed by atoms with Crippen molar-refractivity contribution >= 4 is 19.7 Å². The van der Waals surface area contributed by atoms with Gasteiger partial charge in [0.15, 0.2) is 17.3 Å². The lowest BCUT2D eigenvalue weighted by atomic mass is 9.91. The molecule has 0 aliphatic carbocycles. The number of benzene rings is 2. The molecule has 2 rings (SSSR count). The Morgan fingerprint density at radius 3 is 2.19 bits per heavy atom. The highest BCUT2D eigenvalue weighted by molar-refractivity contribution is 7.48. The van der Waals surface area contributed by atoms with Crippen LogP contribution in [0, 0.1) is 0 Å². The molecule has 0 radical (unpaired) electrons. The van der Waals surface area contributed by atoms with E-state index in [1.54, 1.807) is 28.3 Å². The van der Waals surface area contributed by atoms with Gasteiger partial charge < -0.3 is 14.2 Å². The maximum absolute atomic E-state index is 12.1. The number of carbonyl (C=O) groups is 1. The number of rotatable bonds is 9. The molecule has 0 aliphatic heterocycles. The summed E-state index contributed by atoms with van der Waals surface area (Å²) in [5, 5.41) is 0.899. The van der Waals surface area contributed by atoms with Gasteiger partial charge in [0.05, 0.1) is 21.3 Å². The van der Waals surface area contributed by atoms with Crippen molar-refractivity contribution in [2.75, 3.05) is 21.3 Å². The fraction of sp³-hybridized carbons (Fsp3) is 0.409. The number of hydrogen-bond donors (Lipinski definition) is 0. The zero-order valence-electron chi connectivity index (χ0n) is 17.0. The molecule has 0 amide bonds. The van der Waals surface area contributed by atoms with E-state index in [1.165, 1.54) is 0 Å². The van der Waals surface area contributed by atoms with E-state index in [-0.39, 0.29) is 10.9 Å². The van der Waals surface area contributed by atoms with Gasteiger partial charge in [-0.15, -0.1) is 0 Å². The Labute approximate surface area is 164 Å². The normalized spacial score (nSPS) is 11.6. The molecular weight excluding hydrogens is 359 g/mol.